The van der Waals surface area contributed by atoms with Gasteiger partial charge in [0.15, 0.2) is 0 Å². The van der Waals surface area contributed by atoms with Crippen molar-refractivity contribution >= 4 is 23.8 Å². The number of hydrogen-bond acceptors (Lipinski definition) is 4. The number of aliphatic carboxylic acids is 2. The average Bonchev–Trinajstić information content (AvgIpc) is 3.29. The molecule has 1 aliphatic carbocycles. The van der Waals surface area contributed by atoms with Crippen LogP contribution in [0.3, 0.4) is 0 Å². The van der Waals surface area contributed by atoms with Crippen LogP contribution in [0.4, 0.5) is 0 Å². The monoisotopic (exact) mass is 366 g/mol. The molecule has 2 amide bonds. The highest BCUT2D eigenvalue weighted by Crippen LogP contribution is 2.34. The second kappa shape index (κ2) is 7.63. The Morgan fingerprint density at radius 2 is 1.08 bits per heavy atom. The maximum Gasteiger partial charge on any atom is 0.326 e. The van der Waals surface area contributed by atoms with Crippen molar-refractivity contribution in [1.29, 1.82) is 0 Å². The van der Waals surface area contributed by atoms with Gasteiger partial charge in [-0.25, -0.2) is 9.59 Å². The van der Waals surface area contributed by atoms with Gasteiger partial charge in [-0.3, -0.25) is 9.59 Å². The molecule has 1 saturated carbocycles. The van der Waals surface area contributed by atoms with E-state index in [-0.39, 0.29) is 23.7 Å². The average molecular weight is 366 g/mol. The number of rotatable bonds is 4. The van der Waals surface area contributed by atoms with E-state index in [4.69, 9.17) is 0 Å². The Balaban J connectivity index is 1.65. The Bertz CT molecular complexity index is 556. The molecule has 8 heteroatoms. The summed E-state index contributed by atoms with van der Waals surface area (Å²) in [6.45, 7) is 0.913. The third-order valence-electron chi connectivity index (χ3n) is 6.01. The highest BCUT2D eigenvalue weighted by molar-refractivity contribution is 5.88. The molecule has 2 heterocycles. The fraction of sp³-hybridized carbons (Fsp3) is 0.778. The number of carbonyl (C=O) groups excluding carboxylic acids is 2. The maximum atomic E-state index is 12.8. The van der Waals surface area contributed by atoms with Crippen LogP contribution in [0.25, 0.3) is 0 Å². The van der Waals surface area contributed by atoms with Crippen LogP contribution in [0, 0.1) is 11.8 Å². The van der Waals surface area contributed by atoms with Crippen LogP contribution < -0.4 is 0 Å². The molecule has 2 unspecified atom stereocenters. The van der Waals surface area contributed by atoms with E-state index in [0.29, 0.717) is 58.0 Å². The third-order valence-corrected chi connectivity index (χ3v) is 6.01. The predicted octanol–water partition coefficient (Wildman–Crippen LogP) is 0.944. The quantitative estimate of drug-likeness (QED) is 0.765. The Labute approximate surface area is 152 Å². The normalized spacial score (nSPS) is 31.8. The van der Waals surface area contributed by atoms with Crippen LogP contribution >= 0.6 is 0 Å². The molecule has 0 radical (unpaired) electrons. The first-order valence-corrected chi connectivity index (χ1v) is 9.46. The smallest absolute Gasteiger partial charge is 0.326 e. The number of hydrogen-bond donors (Lipinski definition) is 2. The van der Waals surface area contributed by atoms with E-state index in [1.807, 2.05) is 0 Å². The number of carboxylic acids is 2. The zero-order valence-corrected chi connectivity index (χ0v) is 14.8. The summed E-state index contributed by atoms with van der Waals surface area (Å²) in [5, 5.41) is 18.6. The van der Waals surface area contributed by atoms with E-state index in [2.05, 4.69) is 0 Å². The van der Waals surface area contributed by atoms with Gasteiger partial charge in [0.1, 0.15) is 12.1 Å². The van der Waals surface area contributed by atoms with Crippen LogP contribution in [0.1, 0.15) is 51.4 Å². The lowest BCUT2D eigenvalue weighted by Gasteiger charge is -2.34. The summed E-state index contributed by atoms with van der Waals surface area (Å²) >= 11 is 0. The summed E-state index contributed by atoms with van der Waals surface area (Å²) < 4.78 is 0. The molecule has 3 aliphatic rings. The molecule has 0 aromatic carbocycles. The number of amides is 2. The summed E-state index contributed by atoms with van der Waals surface area (Å²) in [6.07, 6.45) is 4.76. The number of likely N-dealkylation sites (tertiary alicyclic amines) is 2. The summed E-state index contributed by atoms with van der Waals surface area (Å²) in [5.41, 5.74) is 0. The van der Waals surface area contributed by atoms with Gasteiger partial charge in [0.25, 0.3) is 0 Å². The van der Waals surface area contributed by atoms with Gasteiger partial charge < -0.3 is 20.0 Å². The van der Waals surface area contributed by atoms with Crippen LogP contribution in [-0.2, 0) is 19.2 Å². The minimum atomic E-state index is -0.972. The first-order valence-electron chi connectivity index (χ1n) is 9.46. The molecule has 0 spiro atoms. The Morgan fingerprint density at radius 3 is 1.46 bits per heavy atom. The van der Waals surface area contributed by atoms with Gasteiger partial charge >= 0.3 is 11.9 Å². The zero-order valence-electron chi connectivity index (χ0n) is 14.8. The fourth-order valence-electron chi connectivity index (χ4n) is 4.68. The van der Waals surface area contributed by atoms with Gasteiger partial charge in [-0.1, -0.05) is 6.42 Å². The topological polar surface area (TPSA) is 115 Å². The molecule has 144 valence electrons. The summed E-state index contributed by atoms with van der Waals surface area (Å²) in [6, 6.07) is -1.51. The van der Waals surface area contributed by atoms with Crippen LogP contribution in [0.15, 0.2) is 0 Å². The minimum Gasteiger partial charge on any atom is -0.480 e. The highest BCUT2D eigenvalue weighted by atomic mass is 16.4. The molecular weight excluding hydrogens is 340 g/mol. The van der Waals surface area contributed by atoms with Crippen LogP contribution in [0.5, 0.6) is 0 Å². The third kappa shape index (κ3) is 3.54. The molecule has 0 aromatic rings. The first-order chi connectivity index (χ1) is 12.4. The van der Waals surface area contributed by atoms with Crippen LogP contribution in [-0.4, -0.2) is 68.9 Å². The molecule has 3 rings (SSSR count). The lowest BCUT2D eigenvalue weighted by molar-refractivity contribution is -0.153. The van der Waals surface area contributed by atoms with Gasteiger partial charge in [0, 0.05) is 24.9 Å². The van der Waals surface area contributed by atoms with Crippen molar-refractivity contribution in [2.24, 2.45) is 11.8 Å². The molecule has 2 N–H and O–H groups in total. The summed E-state index contributed by atoms with van der Waals surface area (Å²) in [4.78, 5) is 51.2. The molecule has 4 atom stereocenters. The number of carbonyl (C=O) groups is 4. The standard InChI is InChI=1S/C18H26N2O6/c21-15(19-8-2-6-13(19)17(23)24)11-4-1-5-12(10-11)16(22)20-9-3-7-14(20)18(25)26/h11-14H,1-10H2,(H,23,24)(H,25,26)/t11?,12?,13-,14-/m1/s1. The Hall–Kier alpha value is -2.12. The maximum absolute atomic E-state index is 12.8. The van der Waals surface area contributed by atoms with E-state index in [1.165, 1.54) is 9.80 Å². The molecule has 8 nitrogen and oxygen atoms in total. The lowest BCUT2D eigenvalue weighted by atomic mass is 9.79. The van der Waals surface area contributed by atoms with E-state index < -0.39 is 24.0 Å². The van der Waals surface area contributed by atoms with Gasteiger partial charge in [-0.2, -0.15) is 0 Å². The molecule has 0 aromatic heterocycles. The Morgan fingerprint density at radius 1 is 0.654 bits per heavy atom. The van der Waals surface area contributed by atoms with Crippen molar-refractivity contribution in [3.8, 4) is 0 Å². The van der Waals surface area contributed by atoms with Gasteiger partial charge in [0.05, 0.1) is 0 Å². The van der Waals surface area contributed by atoms with Gasteiger partial charge in [-0.05, 0) is 44.9 Å². The largest absolute Gasteiger partial charge is 0.480 e. The SMILES string of the molecule is O=C(O)[C@H]1CCCN1C(=O)C1CCCC(C(=O)N2CCC[C@@H]2C(=O)O)C1. The Kier molecular flexibility index (Phi) is 5.48. The van der Waals surface area contributed by atoms with Crippen molar-refractivity contribution < 1.29 is 29.4 Å². The second-order valence-corrected chi connectivity index (χ2v) is 7.62. The predicted molar refractivity (Wildman–Crippen MR) is 90.2 cm³/mol. The van der Waals surface area contributed by atoms with Crippen molar-refractivity contribution in [1.82, 2.24) is 9.80 Å². The minimum absolute atomic E-state index is 0.163. The van der Waals surface area contributed by atoms with Gasteiger partial charge in [-0.15, -0.1) is 0 Å². The molecule has 2 saturated heterocycles. The van der Waals surface area contributed by atoms with Crippen LogP contribution in [0.2, 0.25) is 0 Å². The molecule has 0 bridgehead atoms. The lowest BCUT2D eigenvalue weighted by Crippen LogP contribution is -2.47. The van der Waals surface area contributed by atoms with E-state index >= 15 is 0 Å². The summed E-state index contributed by atoms with van der Waals surface area (Å²) in [5.74, 6) is -2.96. The van der Waals surface area contributed by atoms with Crippen molar-refractivity contribution in [3.63, 3.8) is 0 Å². The zero-order chi connectivity index (χ0) is 18.8. The highest BCUT2D eigenvalue weighted by Gasteiger charge is 2.42. The summed E-state index contributed by atoms with van der Waals surface area (Å²) in [7, 11) is 0. The second-order valence-electron chi connectivity index (χ2n) is 7.62. The van der Waals surface area contributed by atoms with Gasteiger partial charge in [0.2, 0.25) is 11.8 Å². The van der Waals surface area contributed by atoms with E-state index in [0.717, 1.165) is 6.42 Å². The van der Waals surface area contributed by atoms with E-state index in [9.17, 15) is 29.4 Å². The molecule has 26 heavy (non-hydrogen) atoms. The van der Waals surface area contributed by atoms with E-state index in [1.54, 1.807) is 0 Å². The number of nitrogens with zero attached hydrogens (tertiary/aromatic N) is 2. The molecular formula is C18H26N2O6. The number of carboxylic acid groups (broad SMARTS) is 2. The molecule has 2 aliphatic heterocycles. The van der Waals surface area contributed by atoms with Crippen molar-refractivity contribution in [2.75, 3.05) is 13.1 Å². The molecule has 3 fully saturated rings. The van der Waals surface area contributed by atoms with Crippen molar-refractivity contribution in [3.05, 3.63) is 0 Å². The fourth-order valence-corrected chi connectivity index (χ4v) is 4.68. The van der Waals surface area contributed by atoms with Crippen molar-refractivity contribution in [2.45, 2.75) is 63.5 Å². The first kappa shape index (κ1) is 18.7.